The van der Waals surface area contributed by atoms with Crippen molar-refractivity contribution in [3.8, 4) is 0 Å². The van der Waals surface area contributed by atoms with Gasteiger partial charge >= 0.3 is 0 Å². The van der Waals surface area contributed by atoms with E-state index in [1.807, 2.05) is 6.92 Å². The number of hydrogen-bond donors (Lipinski definition) is 2. The third-order valence-electron chi connectivity index (χ3n) is 2.84. The molecule has 1 aromatic rings. The lowest BCUT2D eigenvalue weighted by Crippen LogP contribution is -2.42. The van der Waals surface area contributed by atoms with Gasteiger partial charge in [-0.05, 0) is 32.8 Å². The molecule has 0 amide bonds. The molecule has 0 aliphatic carbocycles. The molecule has 3 heteroatoms. The van der Waals surface area contributed by atoms with E-state index < -0.39 is 0 Å². The second kappa shape index (κ2) is 2.95. The van der Waals surface area contributed by atoms with Crippen LogP contribution in [0.5, 0.6) is 0 Å². The van der Waals surface area contributed by atoms with Gasteiger partial charge in [0, 0.05) is 13.5 Å². The number of fused-ring (bicyclic) bond motifs is 1. The van der Waals surface area contributed by atoms with Gasteiger partial charge in [-0.15, -0.1) is 0 Å². The Kier molecular flexibility index (Phi) is 2.00. The zero-order valence-electron chi connectivity index (χ0n) is 9.07. The molecule has 14 heavy (non-hydrogen) atoms. The van der Waals surface area contributed by atoms with E-state index in [1.165, 1.54) is 11.3 Å². The fraction of sp³-hybridized carbons (Fsp3) is 0.545. The summed E-state index contributed by atoms with van der Waals surface area (Å²) in [6, 6.07) is 0. The largest absolute Gasteiger partial charge is 0.306 e. The molecule has 78 valence electrons. The van der Waals surface area contributed by atoms with Gasteiger partial charge in [0.1, 0.15) is 0 Å². The normalized spacial score (nSPS) is 19.1. The standard InChI is InChI=1S/C11H17N3.H2/c1-7(2)9-8-5-6-12-11(3,4)10(8)14-13-9;/h12H,1,5-6H2,2-4H3,(H,13,14);1H. The molecule has 0 saturated carbocycles. The summed E-state index contributed by atoms with van der Waals surface area (Å²) in [5.41, 5.74) is 4.65. The van der Waals surface area contributed by atoms with Crippen molar-refractivity contribution in [1.29, 1.82) is 0 Å². The van der Waals surface area contributed by atoms with Crippen molar-refractivity contribution >= 4 is 5.57 Å². The first-order valence-electron chi connectivity index (χ1n) is 5.01. The molecule has 2 rings (SSSR count). The molecule has 0 unspecified atom stereocenters. The van der Waals surface area contributed by atoms with Crippen LogP contribution in [-0.2, 0) is 12.0 Å². The fourth-order valence-electron chi connectivity index (χ4n) is 2.07. The van der Waals surface area contributed by atoms with Crippen LogP contribution in [0.3, 0.4) is 0 Å². The minimum absolute atomic E-state index is 0. The SMILES string of the molecule is C=C(C)c1n[nH]c2c1CCNC2(C)C.[HH]. The van der Waals surface area contributed by atoms with Crippen LogP contribution in [0.2, 0.25) is 0 Å². The van der Waals surface area contributed by atoms with E-state index in [1.54, 1.807) is 0 Å². The van der Waals surface area contributed by atoms with Crippen LogP contribution in [0, 0.1) is 0 Å². The molecule has 0 radical (unpaired) electrons. The first kappa shape index (κ1) is 9.46. The van der Waals surface area contributed by atoms with E-state index in [-0.39, 0.29) is 6.97 Å². The zero-order chi connectivity index (χ0) is 10.3. The van der Waals surface area contributed by atoms with E-state index in [0.717, 1.165) is 24.2 Å². The molecule has 1 aromatic heterocycles. The molecule has 1 aliphatic heterocycles. The minimum Gasteiger partial charge on any atom is -0.306 e. The highest BCUT2D eigenvalue weighted by Crippen LogP contribution is 2.30. The van der Waals surface area contributed by atoms with Gasteiger partial charge in [-0.1, -0.05) is 6.58 Å². The Morgan fingerprint density at radius 1 is 1.57 bits per heavy atom. The highest BCUT2D eigenvalue weighted by atomic mass is 15.2. The molecule has 2 N–H and O–H groups in total. The van der Waals surface area contributed by atoms with Crippen LogP contribution >= 0.6 is 0 Å². The molecular weight excluding hydrogens is 174 g/mol. The van der Waals surface area contributed by atoms with Crippen molar-refractivity contribution in [2.45, 2.75) is 32.7 Å². The molecule has 0 saturated heterocycles. The van der Waals surface area contributed by atoms with Crippen molar-refractivity contribution in [3.63, 3.8) is 0 Å². The van der Waals surface area contributed by atoms with Gasteiger partial charge in [-0.25, -0.2) is 0 Å². The van der Waals surface area contributed by atoms with E-state index in [4.69, 9.17) is 0 Å². The Hall–Kier alpha value is -1.09. The predicted molar refractivity (Wildman–Crippen MR) is 60.1 cm³/mol. The quantitative estimate of drug-likeness (QED) is 0.717. The van der Waals surface area contributed by atoms with Crippen LogP contribution in [-0.4, -0.2) is 16.7 Å². The summed E-state index contributed by atoms with van der Waals surface area (Å²) in [6.45, 7) is 11.3. The molecule has 0 spiro atoms. The lowest BCUT2D eigenvalue weighted by Gasteiger charge is -2.30. The van der Waals surface area contributed by atoms with Crippen molar-refractivity contribution in [3.05, 3.63) is 23.5 Å². The number of nitrogens with zero attached hydrogens (tertiary/aromatic N) is 1. The van der Waals surface area contributed by atoms with E-state index in [9.17, 15) is 0 Å². The fourth-order valence-corrected chi connectivity index (χ4v) is 2.07. The molecular formula is C11H19N3. The first-order chi connectivity index (χ1) is 6.52. The molecule has 0 bridgehead atoms. The predicted octanol–water partition coefficient (Wildman–Crippen LogP) is 2.07. The maximum atomic E-state index is 4.33. The van der Waals surface area contributed by atoms with Crippen LogP contribution in [0.25, 0.3) is 5.57 Å². The Morgan fingerprint density at radius 3 is 2.93 bits per heavy atom. The van der Waals surface area contributed by atoms with E-state index >= 15 is 0 Å². The number of aromatic nitrogens is 2. The summed E-state index contributed by atoms with van der Waals surface area (Å²) < 4.78 is 0. The number of rotatable bonds is 1. The van der Waals surface area contributed by atoms with Crippen molar-refractivity contribution < 1.29 is 1.43 Å². The van der Waals surface area contributed by atoms with Crippen LogP contribution < -0.4 is 5.32 Å². The summed E-state index contributed by atoms with van der Waals surface area (Å²) >= 11 is 0. The summed E-state index contributed by atoms with van der Waals surface area (Å²) in [4.78, 5) is 0. The number of H-pyrrole nitrogens is 1. The first-order valence-corrected chi connectivity index (χ1v) is 5.01. The van der Waals surface area contributed by atoms with Gasteiger partial charge in [-0.3, -0.25) is 5.10 Å². The third kappa shape index (κ3) is 1.28. The van der Waals surface area contributed by atoms with Gasteiger partial charge in [0.25, 0.3) is 0 Å². The van der Waals surface area contributed by atoms with Gasteiger partial charge < -0.3 is 5.32 Å². The lowest BCUT2D eigenvalue weighted by atomic mass is 9.89. The number of nitrogens with one attached hydrogen (secondary N) is 2. The molecule has 0 aromatic carbocycles. The Labute approximate surface area is 86.1 Å². The van der Waals surface area contributed by atoms with E-state index in [0.29, 0.717) is 0 Å². The van der Waals surface area contributed by atoms with Crippen LogP contribution in [0.1, 0.15) is 39.1 Å². The Morgan fingerprint density at radius 2 is 2.29 bits per heavy atom. The number of aromatic amines is 1. The minimum atomic E-state index is 0. The smallest absolute Gasteiger partial charge is 0.0907 e. The summed E-state index contributed by atoms with van der Waals surface area (Å²) in [6.07, 6.45) is 1.04. The molecule has 0 fully saturated rings. The third-order valence-corrected chi connectivity index (χ3v) is 2.84. The summed E-state index contributed by atoms with van der Waals surface area (Å²) in [5.74, 6) is 0. The number of allylic oxidation sites excluding steroid dienone is 1. The molecule has 1 aliphatic rings. The van der Waals surface area contributed by atoms with Crippen LogP contribution in [0.4, 0.5) is 0 Å². The van der Waals surface area contributed by atoms with Crippen LogP contribution in [0.15, 0.2) is 6.58 Å². The highest BCUT2D eigenvalue weighted by molar-refractivity contribution is 5.62. The average molecular weight is 193 g/mol. The van der Waals surface area contributed by atoms with E-state index in [2.05, 4.69) is 35.9 Å². The Bertz CT molecular complexity index is 379. The topological polar surface area (TPSA) is 40.7 Å². The number of hydrogen-bond acceptors (Lipinski definition) is 2. The van der Waals surface area contributed by atoms with Gasteiger partial charge in [-0.2, -0.15) is 5.10 Å². The second-order valence-electron chi connectivity index (χ2n) is 4.51. The van der Waals surface area contributed by atoms with Gasteiger partial charge in [0.05, 0.1) is 16.9 Å². The van der Waals surface area contributed by atoms with Crippen molar-refractivity contribution in [2.75, 3.05) is 6.54 Å². The second-order valence-corrected chi connectivity index (χ2v) is 4.51. The molecule has 0 atom stereocenters. The summed E-state index contributed by atoms with van der Waals surface area (Å²) in [7, 11) is 0. The molecule has 3 nitrogen and oxygen atoms in total. The maximum Gasteiger partial charge on any atom is 0.0907 e. The van der Waals surface area contributed by atoms with Crippen molar-refractivity contribution in [2.24, 2.45) is 0 Å². The molecule has 2 heterocycles. The monoisotopic (exact) mass is 193 g/mol. The highest BCUT2D eigenvalue weighted by Gasteiger charge is 2.30. The zero-order valence-corrected chi connectivity index (χ0v) is 9.07. The summed E-state index contributed by atoms with van der Waals surface area (Å²) in [5, 5.41) is 10.9. The van der Waals surface area contributed by atoms with Crippen molar-refractivity contribution in [1.82, 2.24) is 15.5 Å². The van der Waals surface area contributed by atoms with Gasteiger partial charge in [0.15, 0.2) is 0 Å². The lowest BCUT2D eigenvalue weighted by molar-refractivity contribution is 0.372. The average Bonchev–Trinajstić information content (AvgIpc) is 2.48. The Balaban J connectivity index is 0.00000112. The van der Waals surface area contributed by atoms with Gasteiger partial charge in [0.2, 0.25) is 0 Å². The maximum absolute atomic E-state index is 4.33.